The summed E-state index contributed by atoms with van der Waals surface area (Å²) < 4.78 is 7.10. The third-order valence-corrected chi connectivity index (χ3v) is 3.90. The smallest absolute Gasteiger partial charge is 0.235 e. The van der Waals surface area contributed by atoms with E-state index in [9.17, 15) is 5.11 Å². The van der Waals surface area contributed by atoms with Crippen LogP contribution in [0.15, 0.2) is 67.0 Å². The zero-order valence-electron chi connectivity index (χ0n) is 13.5. The van der Waals surface area contributed by atoms with Crippen molar-refractivity contribution in [2.75, 3.05) is 12.4 Å². The summed E-state index contributed by atoms with van der Waals surface area (Å²) in [5, 5.41) is 12.9. The second-order valence-corrected chi connectivity index (χ2v) is 5.50. The van der Waals surface area contributed by atoms with Crippen LogP contribution >= 0.6 is 0 Å². The van der Waals surface area contributed by atoms with Gasteiger partial charge in [0.1, 0.15) is 23.0 Å². The van der Waals surface area contributed by atoms with Gasteiger partial charge in [-0.2, -0.15) is 0 Å². The van der Waals surface area contributed by atoms with Gasteiger partial charge in [-0.25, -0.2) is 9.97 Å². The average Bonchev–Trinajstić information content (AvgIpc) is 3.02. The summed E-state index contributed by atoms with van der Waals surface area (Å²) in [6.07, 6.45) is 3.62. The predicted octanol–water partition coefficient (Wildman–Crippen LogP) is 3.85. The van der Waals surface area contributed by atoms with Crippen molar-refractivity contribution in [3.05, 3.63) is 67.0 Å². The largest absolute Gasteiger partial charge is 0.508 e. The van der Waals surface area contributed by atoms with Crippen LogP contribution in [0.4, 0.5) is 11.5 Å². The second kappa shape index (κ2) is 6.16. The summed E-state index contributed by atoms with van der Waals surface area (Å²) >= 11 is 0. The zero-order valence-corrected chi connectivity index (χ0v) is 13.5. The Balaban J connectivity index is 1.82. The highest BCUT2D eigenvalue weighted by molar-refractivity contribution is 5.79. The fraction of sp³-hybridized carbons (Fsp3) is 0.0526. The molecule has 0 radical (unpaired) electrons. The molecule has 0 aliphatic rings. The average molecular weight is 332 g/mol. The van der Waals surface area contributed by atoms with Crippen LogP contribution in [0.5, 0.6) is 11.5 Å². The molecule has 4 aromatic rings. The predicted molar refractivity (Wildman–Crippen MR) is 96.4 cm³/mol. The summed E-state index contributed by atoms with van der Waals surface area (Å²) in [6, 6.07) is 16.5. The van der Waals surface area contributed by atoms with Crippen LogP contribution in [-0.2, 0) is 0 Å². The molecule has 0 aliphatic heterocycles. The molecule has 0 spiro atoms. The third kappa shape index (κ3) is 2.85. The fourth-order valence-electron chi connectivity index (χ4n) is 2.64. The van der Waals surface area contributed by atoms with Crippen LogP contribution in [-0.4, -0.2) is 26.6 Å². The Morgan fingerprint density at radius 2 is 1.80 bits per heavy atom. The van der Waals surface area contributed by atoms with Crippen LogP contribution in [0.25, 0.3) is 17.0 Å². The first-order valence-electron chi connectivity index (χ1n) is 7.78. The van der Waals surface area contributed by atoms with Gasteiger partial charge in [0, 0.05) is 23.6 Å². The van der Waals surface area contributed by atoms with Gasteiger partial charge in [0.05, 0.1) is 7.11 Å². The van der Waals surface area contributed by atoms with E-state index in [4.69, 9.17) is 4.74 Å². The molecular formula is C19H16N4O2. The van der Waals surface area contributed by atoms with Gasteiger partial charge in [-0.05, 0) is 54.6 Å². The number of hydrogen-bond acceptors (Lipinski definition) is 5. The van der Waals surface area contributed by atoms with Crippen molar-refractivity contribution in [2.45, 2.75) is 0 Å². The summed E-state index contributed by atoms with van der Waals surface area (Å²) in [4.78, 5) is 8.94. The molecule has 0 atom stereocenters. The number of aromatic hydroxyl groups is 1. The van der Waals surface area contributed by atoms with E-state index >= 15 is 0 Å². The standard InChI is InChI=1S/C19H16N4O2/c1-25-16-9-5-14(6-10-16)21-18-17(13-3-7-15(24)8-4-13)22-19-20-11-2-12-23(18)19/h2-12,21,24H,1H3. The lowest BCUT2D eigenvalue weighted by molar-refractivity contribution is 0.415. The molecule has 2 aromatic heterocycles. The van der Waals surface area contributed by atoms with E-state index in [0.29, 0.717) is 5.78 Å². The van der Waals surface area contributed by atoms with Crippen molar-refractivity contribution in [1.82, 2.24) is 14.4 Å². The topological polar surface area (TPSA) is 71.7 Å². The number of hydrogen-bond donors (Lipinski definition) is 2. The molecule has 2 N–H and O–H groups in total. The maximum Gasteiger partial charge on any atom is 0.235 e. The van der Waals surface area contributed by atoms with Crippen LogP contribution in [0.2, 0.25) is 0 Å². The van der Waals surface area contributed by atoms with Crippen molar-refractivity contribution in [3.8, 4) is 22.8 Å². The maximum atomic E-state index is 9.53. The van der Waals surface area contributed by atoms with E-state index in [-0.39, 0.29) is 5.75 Å². The van der Waals surface area contributed by atoms with Crippen molar-refractivity contribution in [3.63, 3.8) is 0 Å². The highest BCUT2D eigenvalue weighted by atomic mass is 16.5. The fourth-order valence-corrected chi connectivity index (χ4v) is 2.64. The Hall–Kier alpha value is -3.54. The molecule has 0 aliphatic carbocycles. The molecule has 6 nitrogen and oxygen atoms in total. The lowest BCUT2D eigenvalue weighted by Gasteiger charge is -2.09. The van der Waals surface area contributed by atoms with Crippen LogP contribution in [0, 0.1) is 0 Å². The minimum atomic E-state index is 0.218. The normalized spacial score (nSPS) is 10.8. The van der Waals surface area contributed by atoms with Gasteiger partial charge in [0.15, 0.2) is 0 Å². The molecule has 2 heterocycles. The summed E-state index contributed by atoms with van der Waals surface area (Å²) in [5.41, 5.74) is 2.56. The molecule has 2 aromatic carbocycles. The molecule has 0 fully saturated rings. The minimum Gasteiger partial charge on any atom is -0.508 e. The number of anilines is 2. The first-order valence-corrected chi connectivity index (χ1v) is 7.78. The molecule has 25 heavy (non-hydrogen) atoms. The molecule has 0 saturated heterocycles. The molecular weight excluding hydrogens is 316 g/mol. The van der Waals surface area contributed by atoms with Gasteiger partial charge < -0.3 is 15.2 Å². The molecule has 124 valence electrons. The number of fused-ring (bicyclic) bond motifs is 1. The SMILES string of the molecule is COc1ccc(Nc2c(-c3ccc(O)cc3)nc3ncccn23)cc1. The number of phenolic OH excluding ortho intramolecular Hbond substituents is 1. The zero-order chi connectivity index (χ0) is 17.2. The minimum absolute atomic E-state index is 0.218. The van der Waals surface area contributed by atoms with Crippen molar-refractivity contribution in [1.29, 1.82) is 0 Å². The van der Waals surface area contributed by atoms with Gasteiger partial charge >= 0.3 is 0 Å². The molecule has 0 saturated carbocycles. The van der Waals surface area contributed by atoms with Gasteiger partial charge in [-0.3, -0.25) is 4.40 Å². The van der Waals surface area contributed by atoms with Crippen LogP contribution in [0.3, 0.4) is 0 Å². The quantitative estimate of drug-likeness (QED) is 0.594. The molecule has 4 rings (SSSR count). The number of nitrogens with zero attached hydrogens (tertiary/aromatic N) is 3. The van der Waals surface area contributed by atoms with E-state index < -0.39 is 0 Å². The van der Waals surface area contributed by atoms with Crippen molar-refractivity contribution >= 4 is 17.3 Å². The van der Waals surface area contributed by atoms with E-state index in [1.165, 1.54) is 0 Å². The summed E-state index contributed by atoms with van der Waals surface area (Å²) in [7, 11) is 1.64. The second-order valence-electron chi connectivity index (χ2n) is 5.50. The van der Waals surface area contributed by atoms with Crippen molar-refractivity contribution < 1.29 is 9.84 Å². The van der Waals surface area contributed by atoms with Gasteiger partial charge in [0.25, 0.3) is 0 Å². The van der Waals surface area contributed by atoms with E-state index in [1.54, 1.807) is 25.4 Å². The Morgan fingerprint density at radius 1 is 1.04 bits per heavy atom. The number of ether oxygens (including phenoxy) is 1. The highest BCUT2D eigenvalue weighted by Gasteiger charge is 2.15. The van der Waals surface area contributed by atoms with Gasteiger partial charge in [-0.15, -0.1) is 0 Å². The number of rotatable bonds is 4. The van der Waals surface area contributed by atoms with E-state index in [0.717, 1.165) is 28.5 Å². The first kappa shape index (κ1) is 15.0. The van der Waals surface area contributed by atoms with E-state index in [1.807, 2.05) is 53.1 Å². The van der Waals surface area contributed by atoms with E-state index in [2.05, 4.69) is 15.3 Å². The molecule has 0 unspecified atom stereocenters. The number of imidazole rings is 1. The van der Waals surface area contributed by atoms with Crippen molar-refractivity contribution in [2.24, 2.45) is 0 Å². The Labute approximate surface area is 144 Å². The summed E-state index contributed by atoms with van der Waals surface area (Å²) in [5.74, 6) is 2.42. The lowest BCUT2D eigenvalue weighted by Crippen LogP contribution is -1.97. The number of phenols is 1. The maximum absolute atomic E-state index is 9.53. The monoisotopic (exact) mass is 332 g/mol. The van der Waals surface area contributed by atoms with Crippen LogP contribution in [0.1, 0.15) is 0 Å². The summed E-state index contributed by atoms with van der Waals surface area (Å²) in [6.45, 7) is 0. The van der Waals surface area contributed by atoms with Gasteiger partial charge in [-0.1, -0.05) is 0 Å². The first-order chi connectivity index (χ1) is 12.2. The number of methoxy groups -OCH3 is 1. The molecule has 0 bridgehead atoms. The third-order valence-electron chi connectivity index (χ3n) is 3.90. The molecule has 0 amide bonds. The van der Waals surface area contributed by atoms with Crippen LogP contribution < -0.4 is 10.1 Å². The lowest BCUT2D eigenvalue weighted by atomic mass is 10.1. The molecule has 6 heteroatoms. The number of aromatic nitrogens is 3. The number of nitrogens with one attached hydrogen (secondary N) is 1. The Kier molecular flexibility index (Phi) is 3.70. The Bertz CT molecular complexity index is 1010. The highest BCUT2D eigenvalue weighted by Crippen LogP contribution is 2.31. The van der Waals surface area contributed by atoms with Gasteiger partial charge in [0.2, 0.25) is 5.78 Å². The number of benzene rings is 2. The Morgan fingerprint density at radius 3 is 2.52 bits per heavy atom.